The molecule has 0 atom stereocenters. The van der Waals surface area contributed by atoms with E-state index >= 15 is 0 Å². The molecular formula is C22H17FN4OS3. The molecular weight excluding hydrogens is 451 g/mol. The molecule has 0 spiro atoms. The number of hydrazone groups is 1. The van der Waals surface area contributed by atoms with E-state index in [1.165, 1.54) is 57.8 Å². The highest BCUT2D eigenvalue weighted by Gasteiger charge is 2.09. The van der Waals surface area contributed by atoms with Crippen LogP contribution < -0.4 is 5.43 Å². The van der Waals surface area contributed by atoms with E-state index in [-0.39, 0.29) is 17.5 Å². The highest BCUT2D eigenvalue weighted by Crippen LogP contribution is 2.32. The number of hydrogen-bond acceptors (Lipinski definition) is 7. The van der Waals surface area contributed by atoms with Crippen LogP contribution in [0, 0.1) is 5.82 Å². The average molecular weight is 469 g/mol. The van der Waals surface area contributed by atoms with E-state index in [0.717, 1.165) is 14.4 Å². The predicted molar refractivity (Wildman–Crippen MR) is 126 cm³/mol. The number of fused-ring (bicyclic) bond motifs is 1. The van der Waals surface area contributed by atoms with Crippen molar-refractivity contribution in [1.29, 1.82) is 0 Å². The number of hydrogen-bond donors (Lipinski definition) is 1. The summed E-state index contributed by atoms with van der Waals surface area (Å²) in [6, 6.07) is 20.6. The van der Waals surface area contributed by atoms with Crippen LogP contribution in [0.15, 0.2) is 80.5 Å². The van der Waals surface area contributed by atoms with Crippen LogP contribution in [0.4, 0.5) is 4.39 Å². The van der Waals surface area contributed by atoms with Crippen LogP contribution in [-0.4, -0.2) is 28.1 Å². The van der Waals surface area contributed by atoms with E-state index in [1.54, 1.807) is 23.9 Å². The van der Waals surface area contributed by atoms with Crippen molar-refractivity contribution in [2.75, 3.05) is 5.75 Å². The van der Waals surface area contributed by atoms with Crippen LogP contribution in [0.2, 0.25) is 0 Å². The Labute approximate surface area is 191 Å². The second-order valence-electron chi connectivity index (χ2n) is 6.40. The smallest absolute Gasteiger partial charge is 0.250 e. The number of nitrogens with zero attached hydrogens (tertiary/aromatic N) is 3. The Kier molecular flexibility index (Phi) is 7.29. The molecule has 9 heteroatoms. The zero-order chi connectivity index (χ0) is 21.5. The minimum absolute atomic E-state index is 0.170. The molecule has 0 bridgehead atoms. The van der Waals surface area contributed by atoms with Gasteiger partial charge in [0.05, 0.1) is 12.0 Å². The number of halogens is 1. The fraction of sp³-hybridized carbons (Fsp3) is 0.0909. The van der Waals surface area contributed by atoms with Crippen molar-refractivity contribution >= 4 is 57.8 Å². The summed E-state index contributed by atoms with van der Waals surface area (Å²) < 4.78 is 14.7. The van der Waals surface area contributed by atoms with Gasteiger partial charge in [-0.05, 0) is 34.0 Å². The molecule has 0 aliphatic heterocycles. The van der Waals surface area contributed by atoms with Gasteiger partial charge in [-0.2, -0.15) is 5.10 Å². The first-order chi connectivity index (χ1) is 15.2. The van der Waals surface area contributed by atoms with Crippen molar-refractivity contribution in [1.82, 2.24) is 15.6 Å². The van der Waals surface area contributed by atoms with Gasteiger partial charge in [-0.15, -0.1) is 10.2 Å². The van der Waals surface area contributed by atoms with Crippen LogP contribution in [0.1, 0.15) is 11.1 Å². The second kappa shape index (κ2) is 10.5. The highest BCUT2D eigenvalue weighted by molar-refractivity contribution is 8.03. The van der Waals surface area contributed by atoms with Crippen LogP contribution in [0.5, 0.6) is 0 Å². The first-order valence-corrected chi connectivity index (χ1v) is 12.1. The van der Waals surface area contributed by atoms with Crippen LogP contribution >= 0.6 is 34.9 Å². The number of amides is 1. The van der Waals surface area contributed by atoms with Crippen molar-refractivity contribution in [3.63, 3.8) is 0 Å². The number of thioether (sulfide) groups is 2. The Balaban J connectivity index is 1.25. The standard InChI is InChI=1S/C22H17FN4OS3/c23-18-9-3-5-15(11-18)12-24-25-20(28)14-30-22-27-26-21(31-22)29-13-17-8-4-7-16-6-1-2-10-19(16)17/h1-12H,13-14H2,(H,25,28)/b24-12+. The summed E-state index contributed by atoms with van der Waals surface area (Å²) in [6.45, 7) is 0. The van der Waals surface area contributed by atoms with Crippen LogP contribution in [0.3, 0.4) is 0 Å². The first-order valence-electron chi connectivity index (χ1n) is 9.30. The maximum atomic E-state index is 13.1. The zero-order valence-corrected chi connectivity index (χ0v) is 18.6. The summed E-state index contributed by atoms with van der Waals surface area (Å²) in [5.41, 5.74) is 4.26. The molecule has 4 aromatic rings. The Bertz CT molecular complexity index is 1220. The van der Waals surface area contributed by atoms with Gasteiger partial charge in [-0.25, -0.2) is 9.82 Å². The molecule has 31 heavy (non-hydrogen) atoms. The number of nitrogens with one attached hydrogen (secondary N) is 1. The monoisotopic (exact) mass is 468 g/mol. The maximum absolute atomic E-state index is 13.1. The molecule has 0 fully saturated rings. The van der Waals surface area contributed by atoms with Crippen molar-refractivity contribution in [2.24, 2.45) is 5.10 Å². The summed E-state index contributed by atoms with van der Waals surface area (Å²) in [7, 11) is 0. The van der Waals surface area contributed by atoms with Gasteiger partial charge in [0.25, 0.3) is 5.91 Å². The summed E-state index contributed by atoms with van der Waals surface area (Å²) in [4.78, 5) is 11.9. The predicted octanol–water partition coefficient (Wildman–Crippen LogP) is 5.37. The average Bonchev–Trinajstić information content (AvgIpc) is 3.24. The Morgan fingerprint density at radius 3 is 2.68 bits per heavy atom. The third-order valence-corrected chi connectivity index (χ3v) is 7.44. The molecule has 0 aliphatic carbocycles. The van der Waals surface area contributed by atoms with Crippen molar-refractivity contribution in [3.8, 4) is 0 Å². The minimum Gasteiger partial charge on any atom is -0.272 e. The number of rotatable bonds is 8. The quantitative estimate of drug-likeness (QED) is 0.214. The van der Waals surface area contributed by atoms with Crippen LogP contribution in [-0.2, 0) is 10.5 Å². The van der Waals surface area contributed by atoms with E-state index in [9.17, 15) is 9.18 Å². The lowest BCUT2D eigenvalue weighted by atomic mass is 10.1. The fourth-order valence-corrected chi connectivity index (χ4v) is 5.61. The third kappa shape index (κ3) is 6.13. The number of aromatic nitrogens is 2. The van der Waals surface area contributed by atoms with Crippen LogP contribution in [0.25, 0.3) is 10.8 Å². The number of benzene rings is 3. The van der Waals surface area contributed by atoms with Gasteiger partial charge in [0.1, 0.15) is 5.82 Å². The lowest BCUT2D eigenvalue weighted by molar-refractivity contribution is -0.118. The van der Waals surface area contributed by atoms with Gasteiger partial charge in [-0.3, -0.25) is 4.79 Å². The molecule has 1 N–H and O–H groups in total. The Morgan fingerprint density at radius 2 is 1.81 bits per heavy atom. The van der Waals surface area contributed by atoms with E-state index < -0.39 is 0 Å². The normalized spacial score (nSPS) is 11.3. The summed E-state index contributed by atoms with van der Waals surface area (Å²) in [5, 5.41) is 14.7. The molecule has 0 saturated heterocycles. The van der Waals surface area contributed by atoms with Crippen molar-refractivity contribution in [2.45, 2.75) is 14.4 Å². The maximum Gasteiger partial charge on any atom is 0.250 e. The van der Waals surface area contributed by atoms with E-state index in [4.69, 9.17) is 0 Å². The van der Waals surface area contributed by atoms with E-state index in [0.29, 0.717) is 5.56 Å². The number of carbonyl (C=O) groups excluding carboxylic acids is 1. The zero-order valence-electron chi connectivity index (χ0n) is 16.2. The summed E-state index contributed by atoms with van der Waals surface area (Å²) in [5.74, 6) is 0.355. The van der Waals surface area contributed by atoms with E-state index in [2.05, 4.69) is 51.1 Å². The lowest BCUT2D eigenvalue weighted by Gasteiger charge is -2.04. The Morgan fingerprint density at radius 1 is 1.03 bits per heavy atom. The molecule has 0 unspecified atom stereocenters. The van der Waals surface area contributed by atoms with Gasteiger partial charge in [0.15, 0.2) is 8.68 Å². The van der Waals surface area contributed by atoms with Gasteiger partial charge >= 0.3 is 0 Å². The van der Waals surface area contributed by atoms with Gasteiger partial charge in [-0.1, -0.05) is 89.5 Å². The molecule has 1 aromatic heterocycles. The van der Waals surface area contributed by atoms with Gasteiger partial charge < -0.3 is 0 Å². The molecule has 3 aromatic carbocycles. The molecule has 156 valence electrons. The minimum atomic E-state index is -0.351. The third-order valence-electron chi connectivity index (χ3n) is 4.20. The SMILES string of the molecule is O=C(CSc1nnc(SCc2cccc3ccccc23)s1)N/N=C/c1cccc(F)c1. The highest BCUT2D eigenvalue weighted by atomic mass is 32.2. The van der Waals surface area contributed by atoms with E-state index in [1.807, 2.05) is 12.1 Å². The van der Waals surface area contributed by atoms with Crippen molar-refractivity contribution < 1.29 is 9.18 Å². The molecule has 4 rings (SSSR count). The summed E-state index contributed by atoms with van der Waals surface area (Å²) in [6.07, 6.45) is 1.40. The number of carbonyl (C=O) groups is 1. The Hall–Kier alpha value is -2.75. The largest absolute Gasteiger partial charge is 0.272 e. The second-order valence-corrected chi connectivity index (χ2v) is 9.82. The topological polar surface area (TPSA) is 67.2 Å². The van der Waals surface area contributed by atoms with Gasteiger partial charge in [0, 0.05) is 5.75 Å². The first kappa shape index (κ1) is 21.5. The lowest BCUT2D eigenvalue weighted by Crippen LogP contribution is -2.19. The van der Waals surface area contributed by atoms with Crippen molar-refractivity contribution in [3.05, 3.63) is 83.7 Å². The molecule has 0 aliphatic rings. The summed E-state index contributed by atoms with van der Waals surface area (Å²) >= 11 is 4.41. The molecule has 1 heterocycles. The molecule has 0 radical (unpaired) electrons. The molecule has 5 nitrogen and oxygen atoms in total. The molecule has 0 saturated carbocycles. The fourth-order valence-electron chi connectivity index (χ4n) is 2.80. The van der Waals surface area contributed by atoms with Gasteiger partial charge in [0.2, 0.25) is 0 Å². The molecule has 1 amide bonds.